The molecule has 1 aliphatic heterocycles. The van der Waals surface area contributed by atoms with Crippen LogP contribution in [0.4, 0.5) is 11.4 Å². The van der Waals surface area contributed by atoms with Crippen molar-refractivity contribution in [3.05, 3.63) is 83.4 Å². The number of ether oxygens (including phenoxy) is 1. The van der Waals surface area contributed by atoms with Crippen LogP contribution < -0.4 is 15.0 Å². The normalized spacial score (nSPS) is 13.4. The number of nitrogens with zero attached hydrogens (tertiary/aromatic N) is 1. The predicted molar refractivity (Wildman–Crippen MR) is 114 cm³/mol. The molecule has 0 spiro atoms. The number of halogens is 1. The number of anilines is 2. The summed E-state index contributed by atoms with van der Waals surface area (Å²) in [5, 5.41) is 3.23. The van der Waals surface area contributed by atoms with Crippen LogP contribution in [0.5, 0.6) is 11.5 Å². The molecule has 3 aromatic carbocycles. The van der Waals surface area contributed by atoms with Crippen molar-refractivity contribution >= 4 is 40.7 Å². The Kier molecular flexibility index (Phi) is 5.50. The first-order valence-electron chi connectivity index (χ1n) is 9.31. The van der Waals surface area contributed by atoms with Crippen LogP contribution in [0.2, 0.25) is 5.02 Å². The highest BCUT2D eigenvalue weighted by Gasteiger charge is 2.30. The number of hydrogen-bond acceptors (Lipinski definition) is 4. The lowest BCUT2D eigenvalue weighted by molar-refractivity contribution is -0.121. The molecule has 4 rings (SSSR count). The molecule has 30 heavy (non-hydrogen) atoms. The van der Waals surface area contributed by atoms with Gasteiger partial charge < -0.3 is 10.1 Å². The maximum absolute atomic E-state index is 12.9. The van der Waals surface area contributed by atoms with Crippen molar-refractivity contribution in [2.24, 2.45) is 0 Å². The predicted octanol–water partition coefficient (Wildman–Crippen LogP) is 5.04. The second-order valence-corrected chi connectivity index (χ2v) is 7.12. The molecule has 0 bridgehead atoms. The van der Waals surface area contributed by atoms with E-state index in [1.54, 1.807) is 48.5 Å². The molecule has 3 aromatic rings. The third-order valence-electron chi connectivity index (χ3n) is 4.58. The Morgan fingerprint density at radius 3 is 2.37 bits per heavy atom. The number of rotatable bonds is 5. The van der Waals surface area contributed by atoms with E-state index >= 15 is 0 Å². The van der Waals surface area contributed by atoms with Crippen LogP contribution in [0, 0.1) is 0 Å². The van der Waals surface area contributed by atoms with Crippen LogP contribution in [-0.2, 0) is 9.59 Å². The molecule has 3 amide bonds. The first-order valence-corrected chi connectivity index (χ1v) is 9.69. The van der Waals surface area contributed by atoms with Crippen LogP contribution in [0.25, 0.3) is 0 Å². The van der Waals surface area contributed by atoms with Crippen molar-refractivity contribution in [1.29, 1.82) is 0 Å². The zero-order chi connectivity index (χ0) is 21.1. The fraction of sp³-hybridized carbons (Fsp3) is 0.0870. The summed E-state index contributed by atoms with van der Waals surface area (Å²) in [5.74, 6) is 0.0800. The average Bonchev–Trinajstić information content (AvgIpc) is 3.09. The molecule has 0 radical (unpaired) electrons. The Morgan fingerprint density at radius 1 is 0.900 bits per heavy atom. The Labute approximate surface area is 178 Å². The minimum atomic E-state index is -0.420. The van der Waals surface area contributed by atoms with E-state index < -0.39 is 5.91 Å². The number of para-hydroxylation sites is 1. The number of hydrogen-bond donors (Lipinski definition) is 1. The average molecular weight is 421 g/mol. The molecule has 1 heterocycles. The standard InChI is InChI=1S/C23H17ClN2O4/c24-16-9-10-20(30-18-7-2-1-3-8-18)19(14-16)25-23(29)15-5-4-6-17(13-15)26-21(27)11-12-22(26)28/h1-10,13-14H,11-12H2,(H,25,29). The molecule has 6 nitrogen and oxygen atoms in total. The van der Waals surface area contributed by atoms with E-state index in [0.29, 0.717) is 33.5 Å². The maximum Gasteiger partial charge on any atom is 0.255 e. The van der Waals surface area contributed by atoms with Crippen LogP contribution in [-0.4, -0.2) is 17.7 Å². The Balaban J connectivity index is 1.59. The van der Waals surface area contributed by atoms with Gasteiger partial charge in [-0.05, 0) is 48.5 Å². The second kappa shape index (κ2) is 8.39. The summed E-state index contributed by atoms with van der Waals surface area (Å²) in [6.45, 7) is 0. The SMILES string of the molecule is O=C(Nc1cc(Cl)ccc1Oc1ccccc1)c1cccc(N2C(=O)CCC2=O)c1. The van der Waals surface area contributed by atoms with Crippen LogP contribution in [0.1, 0.15) is 23.2 Å². The van der Waals surface area contributed by atoms with Gasteiger partial charge in [0.1, 0.15) is 5.75 Å². The monoisotopic (exact) mass is 420 g/mol. The number of benzene rings is 3. The van der Waals surface area contributed by atoms with E-state index in [0.717, 1.165) is 4.90 Å². The highest BCUT2D eigenvalue weighted by molar-refractivity contribution is 6.31. The van der Waals surface area contributed by atoms with Gasteiger partial charge in [-0.25, -0.2) is 0 Å². The molecule has 0 unspecified atom stereocenters. The lowest BCUT2D eigenvalue weighted by Crippen LogP contribution is -2.28. The summed E-state index contributed by atoms with van der Waals surface area (Å²) in [4.78, 5) is 37.9. The van der Waals surface area contributed by atoms with E-state index in [-0.39, 0.29) is 24.7 Å². The third-order valence-corrected chi connectivity index (χ3v) is 4.81. The summed E-state index contributed by atoms with van der Waals surface area (Å²) in [7, 11) is 0. The summed E-state index contributed by atoms with van der Waals surface area (Å²) >= 11 is 6.10. The van der Waals surface area contributed by atoms with Gasteiger partial charge in [0.2, 0.25) is 11.8 Å². The van der Waals surface area contributed by atoms with E-state index in [4.69, 9.17) is 16.3 Å². The Bertz CT molecular complexity index is 1120. The van der Waals surface area contributed by atoms with Crippen LogP contribution >= 0.6 is 11.6 Å². The van der Waals surface area contributed by atoms with Gasteiger partial charge in [-0.15, -0.1) is 0 Å². The summed E-state index contributed by atoms with van der Waals surface area (Å²) < 4.78 is 5.86. The van der Waals surface area contributed by atoms with E-state index in [1.165, 1.54) is 6.07 Å². The lowest BCUT2D eigenvalue weighted by atomic mass is 10.1. The fourth-order valence-corrected chi connectivity index (χ4v) is 3.32. The van der Waals surface area contributed by atoms with Crippen LogP contribution in [0.3, 0.4) is 0 Å². The number of carbonyl (C=O) groups excluding carboxylic acids is 3. The molecular weight excluding hydrogens is 404 g/mol. The van der Waals surface area contributed by atoms with Crippen molar-refractivity contribution in [2.45, 2.75) is 12.8 Å². The molecule has 1 fully saturated rings. The van der Waals surface area contributed by atoms with Crippen molar-refractivity contribution in [1.82, 2.24) is 0 Å². The quantitative estimate of drug-likeness (QED) is 0.587. The molecule has 1 N–H and O–H groups in total. The molecular formula is C23H17ClN2O4. The van der Waals surface area contributed by atoms with Crippen molar-refractivity contribution < 1.29 is 19.1 Å². The van der Waals surface area contributed by atoms with E-state index in [2.05, 4.69) is 5.32 Å². The first-order chi connectivity index (χ1) is 14.5. The molecule has 7 heteroatoms. The van der Waals surface area contributed by atoms with E-state index in [1.807, 2.05) is 18.2 Å². The fourth-order valence-electron chi connectivity index (χ4n) is 3.15. The Morgan fingerprint density at radius 2 is 1.63 bits per heavy atom. The highest BCUT2D eigenvalue weighted by Crippen LogP contribution is 2.32. The van der Waals surface area contributed by atoms with Gasteiger partial charge in [-0.1, -0.05) is 35.9 Å². The number of imide groups is 1. The molecule has 0 aliphatic carbocycles. The van der Waals surface area contributed by atoms with Gasteiger partial charge in [0, 0.05) is 23.4 Å². The number of nitrogens with one attached hydrogen (secondary N) is 1. The first kappa shape index (κ1) is 19.7. The van der Waals surface area contributed by atoms with Gasteiger partial charge in [0.05, 0.1) is 11.4 Å². The molecule has 0 atom stereocenters. The van der Waals surface area contributed by atoms with Gasteiger partial charge in [0.15, 0.2) is 5.75 Å². The van der Waals surface area contributed by atoms with Crippen molar-refractivity contribution in [3.8, 4) is 11.5 Å². The summed E-state index contributed by atoms with van der Waals surface area (Å²) in [6, 6.07) is 20.5. The van der Waals surface area contributed by atoms with Gasteiger partial charge >= 0.3 is 0 Å². The topological polar surface area (TPSA) is 75.7 Å². The third kappa shape index (κ3) is 4.18. The minimum absolute atomic E-state index is 0.179. The summed E-state index contributed by atoms with van der Waals surface area (Å²) in [6.07, 6.45) is 0.357. The zero-order valence-corrected chi connectivity index (χ0v) is 16.6. The molecule has 1 aliphatic rings. The Hall–Kier alpha value is -3.64. The van der Waals surface area contributed by atoms with Crippen molar-refractivity contribution in [2.75, 3.05) is 10.2 Å². The van der Waals surface area contributed by atoms with Crippen molar-refractivity contribution in [3.63, 3.8) is 0 Å². The largest absolute Gasteiger partial charge is 0.455 e. The van der Waals surface area contributed by atoms with Gasteiger partial charge in [-0.3, -0.25) is 19.3 Å². The summed E-state index contributed by atoms with van der Waals surface area (Å²) in [5.41, 5.74) is 1.07. The molecule has 150 valence electrons. The smallest absolute Gasteiger partial charge is 0.255 e. The van der Waals surface area contributed by atoms with E-state index in [9.17, 15) is 14.4 Å². The molecule has 0 saturated carbocycles. The zero-order valence-electron chi connectivity index (χ0n) is 15.8. The number of amides is 3. The number of carbonyl (C=O) groups is 3. The maximum atomic E-state index is 12.9. The highest BCUT2D eigenvalue weighted by atomic mass is 35.5. The van der Waals surface area contributed by atoms with Crippen LogP contribution in [0.15, 0.2) is 72.8 Å². The minimum Gasteiger partial charge on any atom is -0.455 e. The lowest BCUT2D eigenvalue weighted by Gasteiger charge is -2.16. The second-order valence-electron chi connectivity index (χ2n) is 6.68. The molecule has 0 aromatic heterocycles. The van der Waals surface area contributed by atoms with Gasteiger partial charge in [-0.2, -0.15) is 0 Å². The van der Waals surface area contributed by atoms with Gasteiger partial charge in [0.25, 0.3) is 5.91 Å². The molecule has 1 saturated heterocycles.